The fraction of sp³-hybridized carbons (Fsp3) is 0.283. The van der Waals surface area contributed by atoms with Gasteiger partial charge in [0.05, 0.1) is 18.1 Å². The Kier molecular flexibility index (Phi) is 14.6. The van der Waals surface area contributed by atoms with E-state index in [9.17, 15) is 13.6 Å². The number of hydrogen-bond donors (Lipinski definition) is 1. The van der Waals surface area contributed by atoms with E-state index in [0.717, 1.165) is 22.3 Å². The summed E-state index contributed by atoms with van der Waals surface area (Å²) in [5, 5.41) is 3.42. The molecule has 6 aromatic carbocycles. The van der Waals surface area contributed by atoms with Crippen molar-refractivity contribution in [2.75, 3.05) is 11.9 Å². The monoisotopic (exact) mass is 882 g/mol. The Bertz CT molecular complexity index is 2450. The predicted molar refractivity (Wildman–Crippen MR) is 248 cm³/mol. The van der Waals surface area contributed by atoms with Gasteiger partial charge in [0.25, 0.3) is 0 Å². The smallest absolute Gasteiger partial charge is 0.417 e. The molecule has 0 spiro atoms. The summed E-state index contributed by atoms with van der Waals surface area (Å²) in [7, 11) is -2.45. The highest BCUT2D eigenvalue weighted by atomic mass is 28.4. The minimum atomic E-state index is -2.45. The first kappa shape index (κ1) is 45.7. The van der Waals surface area contributed by atoms with Gasteiger partial charge in [-0.3, -0.25) is 4.79 Å². The number of rotatable bonds is 18. The average Bonchev–Trinajstić information content (AvgIpc) is 3.69. The summed E-state index contributed by atoms with van der Waals surface area (Å²) in [6, 6.07) is 45.1. The molecule has 1 N–H and O–H groups in total. The van der Waals surface area contributed by atoms with Crippen LogP contribution in [0.15, 0.2) is 158 Å². The summed E-state index contributed by atoms with van der Waals surface area (Å²) >= 11 is 0. The number of imide groups is 1. The fourth-order valence-corrected chi connectivity index (χ4v) is 8.93. The number of ether oxygens (including phenoxy) is 3. The van der Waals surface area contributed by atoms with Crippen molar-refractivity contribution in [1.29, 1.82) is 0 Å². The van der Waals surface area contributed by atoms with Crippen LogP contribution in [0.1, 0.15) is 79.6 Å². The van der Waals surface area contributed by atoms with Crippen molar-refractivity contribution in [3.05, 3.63) is 197 Å². The van der Waals surface area contributed by atoms with E-state index in [2.05, 4.69) is 39.2 Å². The third-order valence-electron chi connectivity index (χ3n) is 12.2. The van der Waals surface area contributed by atoms with Crippen LogP contribution in [0.3, 0.4) is 0 Å². The van der Waals surface area contributed by atoms with E-state index in [-0.39, 0.29) is 30.5 Å². The third kappa shape index (κ3) is 11.4. The number of anilines is 1. The molecule has 4 atom stereocenters. The first-order chi connectivity index (χ1) is 30.8. The second kappa shape index (κ2) is 20.5. The Morgan fingerprint density at radius 1 is 0.750 bits per heavy atom. The minimum absolute atomic E-state index is 0.0110. The van der Waals surface area contributed by atoms with Crippen molar-refractivity contribution in [2.45, 2.75) is 83.1 Å². The Morgan fingerprint density at radius 2 is 1.31 bits per heavy atom. The maximum atomic E-state index is 15.6. The van der Waals surface area contributed by atoms with Crippen LogP contribution in [0.25, 0.3) is 0 Å². The molecule has 1 fully saturated rings. The summed E-state index contributed by atoms with van der Waals surface area (Å²) < 4.78 is 54.6. The van der Waals surface area contributed by atoms with E-state index in [4.69, 9.17) is 18.6 Å². The van der Waals surface area contributed by atoms with Gasteiger partial charge >= 0.3 is 6.09 Å². The lowest BCUT2D eigenvalue weighted by atomic mass is 9.85. The van der Waals surface area contributed by atoms with Gasteiger partial charge in [-0.25, -0.2) is 18.5 Å². The highest BCUT2D eigenvalue weighted by Gasteiger charge is 2.46. The number of amides is 2. The lowest BCUT2D eigenvalue weighted by molar-refractivity contribution is -0.134. The van der Waals surface area contributed by atoms with Crippen molar-refractivity contribution in [3.63, 3.8) is 0 Å². The summed E-state index contributed by atoms with van der Waals surface area (Å²) in [6.45, 7) is 11.3. The predicted octanol–water partition coefficient (Wildman–Crippen LogP) is 13.2. The van der Waals surface area contributed by atoms with E-state index in [1.165, 1.54) is 29.2 Å². The second-order valence-corrected chi connectivity index (χ2v) is 22.4. The molecule has 1 aliphatic heterocycles. The quantitative estimate of drug-likeness (QED) is 0.0861. The zero-order chi connectivity index (χ0) is 45.3. The third-order valence-corrected chi connectivity index (χ3v) is 16.7. The van der Waals surface area contributed by atoms with Crippen LogP contribution < -0.4 is 14.8 Å². The van der Waals surface area contributed by atoms with Gasteiger partial charge in [-0.1, -0.05) is 124 Å². The van der Waals surface area contributed by atoms with Crippen LogP contribution in [0.5, 0.6) is 11.5 Å². The van der Waals surface area contributed by atoms with Gasteiger partial charge in [-0.05, 0) is 102 Å². The Labute approximate surface area is 376 Å². The average molecular weight is 883 g/mol. The van der Waals surface area contributed by atoms with E-state index >= 15 is 4.79 Å². The van der Waals surface area contributed by atoms with Crippen molar-refractivity contribution in [3.8, 4) is 11.5 Å². The number of cyclic esters (lactones) is 1. The first-order valence-electron chi connectivity index (χ1n) is 21.7. The first-order valence-corrected chi connectivity index (χ1v) is 24.6. The summed E-state index contributed by atoms with van der Waals surface area (Å²) in [5.41, 5.74) is 4.59. The molecule has 7 rings (SSSR count). The van der Waals surface area contributed by atoms with Crippen molar-refractivity contribution >= 4 is 26.0 Å². The molecule has 332 valence electrons. The molecule has 8 nitrogen and oxygen atoms in total. The molecule has 64 heavy (non-hydrogen) atoms. The molecule has 6 aromatic rings. The van der Waals surface area contributed by atoms with E-state index < -0.39 is 50.2 Å². The number of benzene rings is 6. The van der Waals surface area contributed by atoms with Crippen LogP contribution in [-0.4, -0.2) is 31.8 Å². The van der Waals surface area contributed by atoms with Gasteiger partial charge < -0.3 is 24.0 Å². The highest BCUT2D eigenvalue weighted by molar-refractivity contribution is 6.74. The van der Waals surface area contributed by atoms with Gasteiger partial charge in [-0.15, -0.1) is 0 Å². The maximum Gasteiger partial charge on any atom is 0.417 e. The van der Waals surface area contributed by atoms with E-state index in [0.29, 0.717) is 35.8 Å². The number of nitrogens with zero attached hydrogens (tertiary/aromatic N) is 1. The van der Waals surface area contributed by atoms with Crippen LogP contribution >= 0.6 is 0 Å². The molecule has 4 unspecified atom stereocenters. The van der Waals surface area contributed by atoms with Gasteiger partial charge in [0.1, 0.15) is 49.0 Å². The molecule has 2 amide bonds. The number of carbonyl (C=O) groups is 2. The summed E-state index contributed by atoms with van der Waals surface area (Å²) in [5.74, 6) is -1.24. The van der Waals surface area contributed by atoms with Crippen LogP contribution in [-0.2, 0) is 27.2 Å². The zero-order valence-electron chi connectivity index (χ0n) is 37.0. The zero-order valence-corrected chi connectivity index (χ0v) is 38.0. The van der Waals surface area contributed by atoms with Crippen molar-refractivity contribution < 1.29 is 37.0 Å². The highest BCUT2D eigenvalue weighted by Crippen LogP contribution is 2.45. The van der Waals surface area contributed by atoms with Gasteiger partial charge in [0.2, 0.25) is 5.91 Å². The van der Waals surface area contributed by atoms with Crippen molar-refractivity contribution in [2.24, 2.45) is 5.92 Å². The lowest BCUT2D eigenvalue weighted by Crippen LogP contribution is -2.43. The standard InChI is InChI=1S/C53H56F2N2O6Si/c1-53(2,3)64(4,5)63-48(40-21-23-41(54)24-22-40)32-31-46(51(58)57-47(36-62-52(57)59)39-19-13-8-14-20-39)50(56-43-27-25-42(55)26-28-43)45-30-29-44(60-34-37-15-9-6-10-16-37)33-49(45)61-35-38-17-11-7-12-18-38/h6-30,33,46-48,50,56H,31-32,34-36H2,1-5H3. The molecular weight excluding hydrogens is 827 g/mol. The SMILES string of the molecule is CC(C)(C)[Si](C)(C)OC(CCC(C(=O)N1C(=O)OCC1c1ccccc1)C(Nc1ccc(F)cc1)c1ccc(OCc2ccccc2)cc1OCc1ccccc1)c1ccc(F)cc1. The molecule has 0 radical (unpaired) electrons. The van der Waals surface area contributed by atoms with Gasteiger partial charge in [0, 0.05) is 17.3 Å². The largest absolute Gasteiger partial charge is 0.489 e. The van der Waals surface area contributed by atoms with E-state index in [1.807, 2.05) is 109 Å². The number of hydrogen-bond acceptors (Lipinski definition) is 7. The number of carbonyl (C=O) groups excluding carboxylic acids is 2. The molecular formula is C53H56F2N2O6Si. The van der Waals surface area contributed by atoms with Crippen molar-refractivity contribution in [1.82, 2.24) is 4.90 Å². The van der Waals surface area contributed by atoms with Gasteiger partial charge in [-0.2, -0.15) is 0 Å². The molecule has 1 aliphatic rings. The number of nitrogens with one attached hydrogen (secondary N) is 1. The maximum absolute atomic E-state index is 15.6. The molecule has 0 bridgehead atoms. The van der Waals surface area contributed by atoms with Crippen LogP contribution in [0.2, 0.25) is 18.1 Å². The second-order valence-electron chi connectivity index (χ2n) is 17.7. The molecule has 1 heterocycles. The summed E-state index contributed by atoms with van der Waals surface area (Å²) in [6.07, 6.45) is -0.749. The van der Waals surface area contributed by atoms with Gasteiger partial charge in [0.15, 0.2) is 8.32 Å². The molecule has 0 aliphatic carbocycles. The molecule has 11 heteroatoms. The fourth-order valence-electron chi connectivity index (χ4n) is 7.61. The summed E-state index contributed by atoms with van der Waals surface area (Å²) in [4.78, 5) is 30.7. The Hall–Kier alpha value is -6.30. The minimum Gasteiger partial charge on any atom is -0.489 e. The van der Waals surface area contributed by atoms with Crippen LogP contribution in [0.4, 0.5) is 19.3 Å². The molecule has 0 saturated carbocycles. The molecule has 0 aromatic heterocycles. The normalized spacial score (nSPS) is 15.5. The Morgan fingerprint density at radius 3 is 1.91 bits per heavy atom. The van der Waals surface area contributed by atoms with Crippen LogP contribution in [0, 0.1) is 17.6 Å². The number of halogens is 2. The topological polar surface area (TPSA) is 86.3 Å². The van der Waals surface area contributed by atoms with E-state index in [1.54, 1.807) is 24.3 Å². The molecule has 1 saturated heterocycles. The Balaban J connectivity index is 1.36. The lowest BCUT2D eigenvalue weighted by Gasteiger charge is -2.40.